The number of hydrogen-bond donors (Lipinski definition) is 6. The second-order valence-corrected chi connectivity index (χ2v) is 1.33. The average molecular weight is 202 g/mol. The molecule has 68 valence electrons. The summed E-state index contributed by atoms with van der Waals surface area (Å²) in [5.41, 5.74) is 28.7. The van der Waals surface area contributed by atoms with E-state index in [4.69, 9.17) is 34.4 Å². The molecule has 0 rings (SSSR count). The van der Waals surface area contributed by atoms with Gasteiger partial charge in [0.2, 0.25) is 0 Å². The van der Waals surface area contributed by atoms with Gasteiger partial charge in [0.1, 0.15) is 11.6 Å². The van der Waals surface area contributed by atoms with Crippen LogP contribution < -0.4 is 34.4 Å². The molecule has 7 heteroatoms. The Balaban J connectivity index is -0.000000107. The van der Waals surface area contributed by atoms with Crippen LogP contribution in [0.2, 0.25) is 0 Å². The molecular formula is C4H14FeN6. The molecule has 0 aliphatic rings. The molecule has 11 heavy (non-hydrogen) atoms. The van der Waals surface area contributed by atoms with Crippen LogP contribution in [-0.4, -0.2) is 0 Å². The van der Waals surface area contributed by atoms with Crippen LogP contribution in [-0.2, 0) is 17.1 Å². The maximum absolute atomic E-state index is 4.81. The molecule has 12 N–H and O–H groups in total. The van der Waals surface area contributed by atoms with Gasteiger partial charge in [-0.2, -0.15) is 0 Å². The third kappa shape index (κ3) is 51.9. The van der Waals surface area contributed by atoms with E-state index in [2.05, 4.69) is 0 Å². The SMILES string of the molecule is NC=C(N)N.NC=C(N)N.[Fe]. The van der Waals surface area contributed by atoms with Crippen molar-refractivity contribution >= 4 is 0 Å². The summed E-state index contributed by atoms with van der Waals surface area (Å²) in [5.74, 6) is 0.315. The molecule has 0 saturated heterocycles. The molecule has 0 aliphatic carbocycles. The zero-order valence-corrected chi connectivity index (χ0v) is 7.08. The van der Waals surface area contributed by atoms with Gasteiger partial charge in [-0.1, -0.05) is 0 Å². The Morgan fingerprint density at radius 2 is 0.818 bits per heavy atom. The first-order valence-electron chi connectivity index (χ1n) is 2.40. The largest absolute Gasteiger partial charge is 0.402 e. The summed E-state index contributed by atoms with van der Waals surface area (Å²) in [4.78, 5) is 0. The molecule has 0 aromatic heterocycles. The van der Waals surface area contributed by atoms with Crippen LogP contribution in [0.4, 0.5) is 0 Å². The fraction of sp³-hybridized carbons (Fsp3) is 0. The van der Waals surface area contributed by atoms with Crippen molar-refractivity contribution in [3.8, 4) is 0 Å². The van der Waals surface area contributed by atoms with Crippen LogP contribution in [0.25, 0.3) is 0 Å². The second-order valence-electron chi connectivity index (χ2n) is 1.33. The van der Waals surface area contributed by atoms with Crippen molar-refractivity contribution in [2.75, 3.05) is 0 Å². The molecule has 0 spiro atoms. The number of hydrogen-bond acceptors (Lipinski definition) is 6. The third-order valence-corrected chi connectivity index (χ3v) is 0.385. The Labute approximate surface area is 76.1 Å². The molecule has 0 aromatic rings. The fourth-order valence-corrected chi connectivity index (χ4v) is 0. The predicted molar refractivity (Wildman–Crippen MR) is 41.3 cm³/mol. The Morgan fingerprint density at radius 3 is 0.818 bits per heavy atom. The minimum absolute atomic E-state index is 0. The van der Waals surface area contributed by atoms with E-state index in [0.717, 1.165) is 12.4 Å². The summed E-state index contributed by atoms with van der Waals surface area (Å²) < 4.78 is 0. The van der Waals surface area contributed by atoms with E-state index >= 15 is 0 Å². The van der Waals surface area contributed by atoms with Crippen LogP contribution in [0.15, 0.2) is 24.0 Å². The van der Waals surface area contributed by atoms with E-state index in [1.807, 2.05) is 0 Å². The summed E-state index contributed by atoms with van der Waals surface area (Å²) in [5, 5.41) is 0. The standard InChI is InChI=1S/2C2H7N3.Fe/c2*3-1-2(4)5;/h2*1H,3-5H2;. The fourth-order valence-electron chi connectivity index (χ4n) is 0. The zero-order valence-electron chi connectivity index (χ0n) is 5.97. The molecule has 0 unspecified atom stereocenters. The van der Waals surface area contributed by atoms with Crippen molar-refractivity contribution < 1.29 is 17.1 Å². The molecule has 0 atom stereocenters. The predicted octanol–water partition coefficient (Wildman–Crippen LogP) is -2.68. The smallest absolute Gasteiger partial charge is 0.109 e. The summed E-state index contributed by atoms with van der Waals surface area (Å²) in [6.07, 6.45) is 2.28. The molecule has 0 bridgehead atoms. The maximum Gasteiger partial charge on any atom is 0.109 e. The summed E-state index contributed by atoms with van der Waals surface area (Å²) in [6, 6.07) is 0. The van der Waals surface area contributed by atoms with Gasteiger partial charge in [0, 0.05) is 29.5 Å². The van der Waals surface area contributed by atoms with Crippen molar-refractivity contribution in [1.29, 1.82) is 0 Å². The van der Waals surface area contributed by atoms with Crippen molar-refractivity contribution in [2.45, 2.75) is 0 Å². The maximum atomic E-state index is 4.81. The van der Waals surface area contributed by atoms with Gasteiger partial charge in [-0.05, 0) is 0 Å². The molecule has 0 amide bonds. The summed E-state index contributed by atoms with van der Waals surface area (Å²) >= 11 is 0. The molecule has 0 aromatic carbocycles. The molecule has 0 heterocycles. The van der Waals surface area contributed by atoms with Gasteiger partial charge < -0.3 is 34.4 Å². The van der Waals surface area contributed by atoms with Crippen LogP contribution in [0.3, 0.4) is 0 Å². The first-order valence-corrected chi connectivity index (χ1v) is 2.40. The molecule has 0 fully saturated rings. The number of rotatable bonds is 0. The van der Waals surface area contributed by atoms with Gasteiger partial charge in [0.05, 0.1) is 0 Å². The first-order chi connectivity index (χ1) is 4.54. The van der Waals surface area contributed by atoms with Gasteiger partial charge >= 0.3 is 0 Å². The van der Waals surface area contributed by atoms with Crippen LogP contribution in [0, 0.1) is 0 Å². The van der Waals surface area contributed by atoms with Gasteiger partial charge in [-0.15, -0.1) is 0 Å². The first kappa shape index (κ1) is 16.4. The molecular weight excluding hydrogens is 188 g/mol. The second kappa shape index (κ2) is 11.6. The zero-order chi connectivity index (χ0) is 8.57. The van der Waals surface area contributed by atoms with E-state index in [-0.39, 0.29) is 28.7 Å². The van der Waals surface area contributed by atoms with Crippen molar-refractivity contribution in [1.82, 2.24) is 0 Å². The quantitative estimate of drug-likeness (QED) is 0.235. The van der Waals surface area contributed by atoms with Crippen molar-refractivity contribution in [3.63, 3.8) is 0 Å². The molecule has 6 nitrogen and oxygen atoms in total. The molecule has 0 aliphatic heterocycles. The Hall–Kier alpha value is -1.20. The Bertz CT molecular complexity index is 107. The Morgan fingerprint density at radius 1 is 0.727 bits per heavy atom. The van der Waals surface area contributed by atoms with E-state index in [9.17, 15) is 0 Å². The molecule has 0 radical (unpaired) electrons. The van der Waals surface area contributed by atoms with Crippen LogP contribution in [0.5, 0.6) is 0 Å². The van der Waals surface area contributed by atoms with Crippen LogP contribution >= 0.6 is 0 Å². The van der Waals surface area contributed by atoms with E-state index in [1.165, 1.54) is 0 Å². The third-order valence-electron chi connectivity index (χ3n) is 0.385. The summed E-state index contributed by atoms with van der Waals surface area (Å²) in [6.45, 7) is 0. The average Bonchev–Trinajstić information content (AvgIpc) is 1.89. The van der Waals surface area contributed by atoms with Gasteiger partial charge in [-0.25, -0.2) is 0 Å². The topological polar surface area (TPSA) is 156 Å². The van der Waals surface area contributed by atoms with Gasteiger partial charge in [-0.3, -0.25) is 0 Å². The van der Waals surface area contributed by atoms with Crippen molar-refractivity contribution in [2.24, 2.45) is 34.4 Å². The van der Waals surface area contributed by atoms with Gasteiger partial charge in [0.15, 0.2) is 0 Å². The minimum Gasteiger partial charge on any atom is -0.402 e. The number of nitrogens with two attached hydrogens (primary N) is 6. The van der Waals surface area contributed by atoms with Crippen LogP contribution in [0.1, 0.15) is 0 Å². The minimum atomic E-state index is 0. The Kier molecular flexibility index (Phi) is 17.3. The summed E-state index contributed by atoms with van der Waals surface area (Å²) in [7, 11) is 0. The molecule has 0 saturated carbocycles. The van der Waals surface area contributed by atoms with Gasteiger partial charge in [0.25, 0.3) is 0 Å². The van der Waals surface area contributed by atoms with E-state index < -0.39 is 0 Å². The monoisotopic (exact) mass is 202 g/mol. The van der Waals surface area contributed by atoms with E-state index in [1.54, 1.807) is 0 Å². The van der Waals surface area contributed by atoms with Crippen molar-refractivity contribution in [3.05, 3.63) is 24.0 Å². The van der Waals surface area contributed by atoms with E-state index in [0.29, 0.717) is 0 Å². The normalized spacial score (nSPS) is 5.82.